The van der Waals surface area contributed by atoms with E-state index in [9.17, 15) is 9.90 Å². The highest BCUT2D eigenvalue weighted by Gasteiger charge is 2.31. The van der Waals surface area contributed by atoms with Crippen molar-refractivity contribution in [1.29, 1.82) is 0 Å². The van der Waals surface area contributed by atoms with Gasteiger partial charge in [-0.25, -0.2) is 0 Å². The first-order valence-electron chi connectivity index (χ1n) is 9.90. The lowest BCUT2D eigenvalue weighted by Crippen LogP contribution is -2.40. The molecule has 8 heteroatoms. The van der Waals surface area contributed by atoms with Crippen molar-refractivity contribution >= 4 is 28.3 Å². The molecule has 1 atom stereocenters. The molecule has 0 unspecified atom stereocenters. The number of fused-ring (bicyclic) bond motifs is 1. The van der Waals surface area contributed by atoms with Crippen LogP contribution >= 0.6 is 11.6 Å². The van der Waals surface area contributed by atoms with Crippen molar-refractivity contribution in [1.82, 2.24) is 14.6 Å². The normalized spacial score (nSPS) is 18.3. The van der Waals surface area contributed by atoms with Crippen molar-refractivity contribution in [3.05, 3.63) is 35.1 Å². The zero-order valence-corrected chi connectivity index (χ0v) is 16.9. The van der Waals surface area contributed by atoms with Gasteiger partial charge in [-0.15, -0.1) is 0 Å². The van der Waals surface area contributed by atoms with E-state index in [1.165, 1.54) is 12.8 Å². The van der Waals surface area contributed by atoms with E-state index < -0.39 is 0 Å². The molecule has 3 heterocycles. The smallest absolute Gasteiger partial charge is 0.276 e. The van der Waals surface area contributed by atoms with E-state index in [4.69, 9.17) is 20.9 Å². The largest absolute Gasteiger partial charge is 0.494 e. The fourth-order valence-electron chi connectivity index (χ4n) is 4.00. The second-order valence-corrected chi connectivity index (χ2v) is 8.25. The molecule has 0 radical (unpaired) electrons. The number of rotatable bonds is 4. The summed E-state index contributed by atoms with van der Waals surface area (Å²) in [4.78, 5) is 14.3. The van der Waals surface area contributed by atoms with Gasteiger partial charge in [0.1, 0.15) is 0 Å². The van der Waals surface area contributed by atoms with Crippen LogP contribution in [0.1, 0.15) is 36.3 Å². The Morgan fingerprint density at radius 3 is 2.76 bits per heavy atom. The van der Waals surface area contributed by atoms with Crippen LogP contribution in [0.15, 0.2) is 28.9 Å². The Labute approximate surface area is 172 Å². The van der Waals surface area contributed by atoms with Crippen LogP contribution in [0.4, 0.5) is 0 Å². The number of carbonyl (C=O) groups excluding carboxylic acids is 1. The van der Waals surface area contributed by atoms with Crippen molar-refractivity contribution in [3.63, 3.8) is 0 Å². The summed E-state index contributed by atoms with van der Waals surface area (Å²) in [5.74, 6) is 1.09. The number of aromatic nitrogens is 2. The van der Waals surface area contributed by atoms with Gasteiger partial charge in [-0.05, 0) is 37.8 Å². The quantitative estimate of drug-likeness (QED) is 0.693. The van der Waals surface area contributed by atoms with Gasteiger partial charge in [0.25, 0.3) is 5.91 Å². The van der Waals surface area contributed by atoms with Crippen molar-refractivity contribution in [2.24, 2.45) is 5.92 Å². The molecule has 3 aromatic rings. The Bertz CT molecular complexity index is 1080. The lowest BCUT2D eigenvalue weighted by molar-refractivity contribution is 0.0296. The molecule has 0 spiro atoms. The number of amides is 1. The van der Waals surface area contributed by atoms with E-state index >= 15 is 0 Å². The lowest BCUT2D eigenvalue weighted by atomic mass is 10.1. The first kappa shape index (κ1) is 18.5. The summed E-state index contributed by atoms with van der Waals surface area (Å²) < 4.78 is 12.6. The number of ether oxygens (including phenoxy) is 1. The second-order valence-electron chi connectivity index (χ2n) is 7.84. The number of halogens is 1. The Hall–Kier alpha value is -2.51. The lowest BCUT2D eigenvalue weighted by Gasteiger charge is -2.25. The predicted molar refractivity (Wildman–Crippen MR) is 108 cm³/mol. The van der Waals surface area contributed by atoms with Gasteiger partial charge in [0.05, 0.1) is 23.6 Å². The van der Waals surface area contributed by atoms with Gasteiger partial charge in [0.2, 0.25) is 5.88 Å². The van der Waals surface area contributed by atoms with E-state index in [0.29, 0.717) is 54.0 Å². The van der Waals surface area contributed by atoms with E-state index in [-0.39, 0.29) is 23.5 Å². The van der Waals surface area contributed by atoms with Crippen molar-refractivity contribution in [2.45, 2.75) is 25.8 Å². The molecule has 1 N–H and O–H groups in total. The SMILES string of the molecule is C[C@@H](C1CC1)n1cc2cc(-c3cc(C(=O)N4CCOCC4)no3)cc(Cl)c2c1O. The monoisotopic (exact) mass is 415 g/mol. The standard InChI is InChI=1S/C21H22ClN3O4/c1-12(13-2-3-13)25-11-15-8-14(9-16(22)19(15)21(25)27)18-10-17(23-29-18)20(26)24-4-6-28-7-5-24/h8-13,27H,2-7H2,1H3/t12-/m0/s1. The Kier molecular flexibility index (Phi) is 4.52. The molecule has 2 aromatic heterocycles. The Morgan fingerprint density at radius 2 is 2.03 bits per heavy atom. The highest BCUT2D eigenvalue weighted by molar-refractivity contribution is 6.36. The zero-order chi connectivity index (χ0) is 20.1. The first-order chi connectivity index (χ1) is 14.0. The molecule has 0 bridgehead atoms. The second kappa shape index (κ2) is 7.07. The van der Waals surface area contributed by atoms with Crippen LogP contribution in [-0.4, -0.2) is 51.9 Å². The number of hydrogen-bond acceptors (Lipinski definition) is 5. The maximum absolute atomic E-state index is 12.6. The zero-order valence-electron chi connectivity index (χ0n) is 16.1. The number of morpholine rings is 1. The van der Waals surface area contributed by atoms with Gasteiger partial charge in [0.15, 0.2) is 11.5 Å². The van der Waals surface area contributed by atoms with Crippen LogP contribution in [0.2, 0.25) is 5.02 Å². The number of nitrogens with zero attached hydrogens (tertiary/aromatic N) is 3. The molecule has 1 saturated heterocycles. The molecular weight excluding hydrogens is 394 g/mol. The first-order valence-corrected chi connectivity index (χ1v) is 10.3. The topological polar surface area (TPSA) is 80.7 Å². The average Bonchev–Trinajstić information content (AvgIpc) is 3.37. The minimum atomic E-state index is -0.169. The van der Waals surface area contributed by atoms with Crippen LogP contribution in [0.3, 0.4) is 0 Å². The Morgan fingerprint density at radius 1 is 1.28 bits per heavy atom. The fourth-order valence-corrected chi connectivity index (χ4v) is 4.32. The highest BCUT2D eigenvalue weighted by atomic mass is 35.5. The molecule has 152 valence electrons. The average molecular weight is 416 g/mol. The molecule has 1 aromatic carbocycles. The summed E-state index contributed by atoms with van der Waals surface area (Å²) in [5.41, 5.74) is 0.980. The van der Waals surface area contributed by atoms with Gasteiger partial charge in [-0.3, -0.25) is 4.79 Å². The van der Waals surface area contributed by atoms with Gasteiger partial charge < -0.3 is 23.8 Å². The van der Waals surface area contributed by atoms with Crippen LogP contribution in [0.25, 0.3) is 22.1 Å². The summed E-state index contributed by atoms with van der Waals surface area (Å²) in [6, 6.07) is 5.50. The minimum Gasteiger partial charge on any atom is -0.494 e. The van der Waals surface area contributed by atoms with Crippen LogP contribution in [0, 0.1) is 5.92 Å². The van der Waals surface area contributed by atoms with Crippen LogP contribution < -0.4 is 0 Å². The summed E-state index contributed by atoms with van der Waals surface area (Å²) in [5, 5.41) is 16.5. The van der Waals surface area contributed by atoms with Gasteiger partial charge in [-0.1, -0.05) is 16.8 Å². The molecule has 1 aliphatic carbocycles. The highest BCUT2D eigenvalue weighted by Crippen LogP contribution is 2.45. The van der Waals surface area contributed by atoms with Crippen molar-refractivity contribution < 1.29 is 19.2 Å². The third kappa shape index (κ3) is 3.28. The fraction of sp³-hybridized carbons (Fsp3) is 0.429. The van der Waals surface area contributed by atoms with Gasteiger partial charge in [-0.2, -0.15) is 0 Å². The molecule has 5 rings (SSSR count). The van der Waals surface area contributed by atoms with E-state index in [1.807, 2.05) is 16.8 Å². The molecule has 1 aliphatic heterocycles. The van der Waals surface area contributed by atoms with E-state index in [2.05, 4.69) is 12.1 Å². The number of benzene rings is 1. The summed E-state index contributed by atoms with van der Waals surface area (Å²) in [7, 11) is 0. The third-order valence-corrected chi connectivity index (χ3v) is 6.22. The van der Waals surface area contributed by atoms with E-state index in [1.54, 1.807) is 17.0 Å². The number of aromatic hydroxyl groups is 1. The number of hydrogen-bond donors (Lipinski definition) is 1. The van der Waals surface area contributed by atoms with E-state index in [0.717, 1.165) is 5.39 Å². The summed E-state index contributed by atoms with van der Waals surface area (Å²) in [6.07, 6.45) is 4.30. The minimum absolute atomic E-state index is 0.169. The summed E-state index contributed by atoms with van der Waals surface area (Å²) >= 11 is 6.50. The maximum Gasteiger partial charge on any atom is 0.276 e. The molecule has 2 aliphatic rings. The number of carbonyl (C=O) groups is 1. The van der Waals surface area contributed by atoms with Gasteiger partial charge in [0, 0.05) is 42.3 Å². The van der Waals surface area contributed by atoms with Crippen molar-refractivity contribution in [3.8, 4) is 17.2 Å². The summed E-state index contributed by atoms with van der Waals surface area (Å²) in [6.45, 7) is 4.27. The molecule has 29 heavy (non-hydrogen) atoms. The van der Waals surface area contributed by atoms with Crippen LogP contribution in [-0.2, 0) is 4.74 Å². The van der Waals surface area contributed by atoms with Crippen molar-refractivity contribution in [2.75, 3.05) is 26.3 Å². The predicted octanol–water partition coefficient (Wildman–Crippen LogP) is 4.10. The molecular formula is C21H22ClN3O4. The molecule has 2 fully saturated rings. The van der Waals surface area contributed by atoms with Gasteiger partial charge >= 0.3 is 0 Å². The molecule has 7 nitrogen and oxygen atoms in total. The Balaban J connectivity index is 1.47. The maximum atomic E-state index is 12.6. The van der Waals surface area contributed by atoms with Crippen LogP contribution in [0.5, 0.6) is 5.88 Å². The third-order valence-electron chi connectivity index (χ3n) is 5.92. The molecule has 1 amide bonds. The molecule has 1 saturated carbocycles.